The summed E-state index contributed by atoms with van der Waals surface area (Å²) in [7, 11) is 1.66. The molecule has 172 valence electrons. The van der Waals surface area contributed by atoms with Gasteiger partial charge >= 0.3 is 17.8 Å². The Bertz CT molecular complexity index is 942. The molecule has 0 bridgehead atoms. The van der Waals surface area contributed by atoms with Crippen molar-refractivity contribution in [1.82, 2.24) is 14.5 Å². The molecule has 3 heterocycles. The second-order valence-corrected chi connectivity index (χ2v) is 7.60. The van der Waals surface area contributed by atoms with Crippen molar-refractivity contribution in [1.29, 1.82) is 0 Å². The number of aromatic amines is 1. The van der Waals surface area contributed by atoms with Crippen LogP contribution < -0.4 is 10.4 Å². The summed E-state index contributed by atoms with van der Waals surface area (Å²) in [6, 6.07) is 6.67. The number of piperidine rings is 1. The zero-order valence-corrected chi connectivity index (χ0v) is 17.2. The first-order chi connectivity index (χ1) is 14.7. The molecule has 2 fully saturated rings. The number of carboxylic acid groups (broad SMARTS) is 1. The van der Waals surface area contributed by atoms with E-state index < -0.39 is 12.1 Å². The quantitative estimate of drug-likeness (QED) is 0.754. The standard InChI is InChI=1S/C18H25N3O3.C2HF3O2/c1-23-15-2-3-16-17(12-15)21(18(22)19-16)14-4-8-20(9-5-14)13-6-10-24-11-7-13;3-2(4,5)1(6)7/h2-3,12-14H,4-11H2,1H3,(H,19,22);(H,6,7). The van der Waals surface area contributed by atoms with Gasteiger partial charge in [0.25, 0.3) is 0 Å². The molecule has 2 N–H and O–H groups in total. The van der Waals surface area contributed by atoms with Crippen molar-refractivity contribution in [2.45, 2.75) is 43.9 Å². The number of hydrogen-bond donors (Lipinski definition) is 2. The Morgan fingerprint density at radius 2 is 1.77 bits per heavy atom. The number of hydrogen-bond acceptors (Lipinski definition) is 5. The van der Waals surface area contributed by atoms with Gasteiger partial charge in [-0.3, -0.25) is 4.57 Å². The molecule has 2 aliphatic rings. The topological polar surface area (TPSA) is 96.8 Å². The summed E-state index contributed by atoms with van der Waals surface area (Å²) in [4.78, 5) is 26.9. The molecule has 2 aromatic rings. The zero-order valence-electron chi connectivity index (χ0n) is 17.2. The SMILES string of the molecule is COc1ccc2[nH]c(=O)n(C3CCN(C4CCOCC4)CC3)c2c1.O=C(O)C(F)(F)F. The van der Waals surface area contributed by atoms with E-state index in [0.29, 0.717) is 6.04 Å². The van der Waals surface area contributed by atoms with Crippen molar-refractivity contribution >= 4 is 17.0 Å². The van der Waals surface area contributed by atoms with Gasteiger partial charge in [0.1, 0.15) is 5.75 Å². The maximum absolute atomic E-state index is 12.5. The first-order valence-electron chi connectivity index (χ1n) is 10.1. The number of halogens is 3. The van der Waals surface area contributed by atoms with Gasteiger partial charge in [-0.25, -0.2) is 9.59 Å². The normalized spacial score (nSPS) is 19.1. The second kappa shape index (κ2) is 9.73. The van der Waals surface area contributed by atoms with Crippen LogP contribution in [0.3, 0.4) is 0 Å². The van der Waals surface area contributed by atoms with E-state index in [-0.39, 0.29) is 11.7 Å². The maximum atomic E-state index is 12.5. The van der Waals surface area contributed by atoms with Gasteiger partial charge in [-0.05, 0) is 37.8 Å². The van der Waals surface area contributed by atoms with Crippen LogP contribution in [0, 0.1) is 0 Å². The number of nitrogens with zero attached hydrogens (tertiary/aromatic N) is 2. The number of carbonyl (C=O) groups is 1. The van der Waals surface area contributed by atoms with Crippen molar-refractivity contribution in [3.05, 3.63) is 28.7 Å². The van der Waals surface area contributed by atoms with E-state index in [1.54, 1.807) is 7.11 Å². The van der Waals surface area contributed by atoms with Gasteiger partial charge in [0, 0.05) is 44.5 Å². The van der Waals surface area contributed by atoms with Gasteiger partial charge in [-0.2, -0.15) is 13.2 Å². The number of carboxylic acids is 1. The number of aromatic nitrogens is 2. The number of imidazole rings is 1. The molecule has 2 saturated heterocycles. The number of benzene rings is 1. The Balaban J connectivity index is 0.000000339. The average molecular weight is 445 g/mol. The molecule has 31 heavy (non-hydrogen) atoms. The van der Waals surface area contributed by atoms with E-state index in [2.05, 4.69) is 9.88 Å². The number of alkyl halides is 3. The third kappa shape index (κ3) is 5.59. The molecule has 0 unspecified atom stereocenters. The summed E-state index contributed by atoms with van der Waals surface area (Å²) < 4.78 is 44.5. The van der Waals surface area contributed by atoms with E-state index in [1.165, 1.54) is 0 Å². The molecule has 0 spiro atoms. The number of aliphatic carboxylic acids is 1. The van der Waals surface area contributed by atoms with Gasteiger partial charge in [0.15, 0.2) is 0 Å². The van der Waals surface area contributed by atoms with E-state index in [0.717, 1.165) is 68.8 Å². The number of methoxy groups -OCH3 is 1. The summed E-state index contributed by atoms with van der Waals surface area (Å²) in [5, 5.41) is 7.12. The van der Waals surface area contributed by atoms with Gasteiger partial charge in [-0.15, -0.1) is 0 Å². The first kappa shape index (κ1) is 23.1. The lowest BCUT2D eigenvalue weighted by atomic mass is 9.99. The smallest absolute Gasteiger partial charge is 0.490 e. The molecule has 1 aromatic heterocycles. The van der Waals surface area contributed by atoms with Crippen molar-refractivity contribution in [3.63, 3.8) is 0 Å². The molecule has 0 aliphatic carbocycles. The minimum absolute atomic E-state index is 0.0113. The molecular weight excluding hydrogens is 419 g/mol. The number of nitrogens with one attached hydrogen (secondary N) is 1. The van der Waals surface area contributed by atoms with Crippen LogP contribution in [0.15, 0.2) is 23.0 Å². The molecule has 2 aliphatic heterocycles. The van der Waals surface area contributed by atoms with Crippen LogP contribution in [-0.4, -0.2) is 71.2 Å². The van der Waals surface area contributed by atoms with Crippen molar-refractivity contribution in [2.24, 2.45) is 0 Å². The largest absolute Gasteiger partial charge is 0.497 e. The van der Waals surface area contributed by atoms with E-state index in [9.17, 15) is 18.0 Å². The summed E-state index contributed by atoms with van der Waals surface area (Å²) in [5.41, 5.74) is 1.82. The van der Waals surface area contributed by atoms with Crippen LogP contribution in [0.1, 0.15) is 31.7 Å². The lowest BCUT2D eigenvalue weighted by Gasteiger charge is -2.39. The molecule has 8 nitrogen and oxygen atoms in total. The van der Waals surface area contributed by atoms with Gasteiger partial charge in [-0.1, -0.05) is 0 Å². The molecular formula is C20H26F3N3O5. The molecule has 0 saturated carbocycles. The number of H-pyrrole nitrogens is 1. The zero-order chi connectivity index (χ0) is 22.6. The maximum Gasteiger partial charge on any atom is 0.490 e. The number of ether oxygens (including phenoxy) is 2. The molecule has 0 radical (unpaired) electrons. The molecule has 0 atom stereocenters. The lowest BCUT2D eigenvalue weighted by molar-refractivity contribution is -0.192. The van der Waals surface area contributed by atoms with Crippen LogP contribution >= 0.6 is 0 Å². The Morgan fingerprint density at radius 1 is 1.16 bits per heavy atom. The van der Waals surface area contributed by atoms with Crippen molar-refractivity contribution in [3.8, 4) is 5.75 Å². The van der Waals surface area contributed by atoms with Crippen LogP contribution in [0.25, 0.3) is 11.0 Å². The second-order valence-electron chi connectivity index (χ2n) is 7.60. The van der Waals surface area contributed by atoms with E-state index in [4.69, 9.17) is 19.4 Å². The number of rotatable bonds is 3. The third-order valence-electron chi connectivity index (χ3n) is 5.74. The van der Waals surface area contributed by atoms with Crippen LogP contribution in [0.5, 0.6) is 5.75 Å². The van der Waals surface area contributed by atoms with Crippen LogP contribution in [0.4, 0.5) is 13.2 Å². The summed E-state index contributed by atoms with van der Waals surface area (Å²) in [6.45, 7) is 3.87. The highest BCUT2D eigenvalue weighted by Gasteiger charge is 2.38. The van der Waals surface area contributed by atoms with Crippen LogP contribution in [-0.2, 0) is 9.53 Å². The summed E-state index contributed by atoms with van der Waals surface area (Å²) in [5.74, 6) is -1.97. The first-order valence-corrected chi connectivity index (χ1v) is 10.1. The molecule has 11 heteroatoms. The highest BCUT2D eigenvalue weighted by molar-refractivity contribution is 5.77. The Hall–Kier alpha value is -2.53. The lowest BCUT2D eigenvalue weighted by Crippen LogP contribution is -2.45. The van der Waals surface area contributed by atoms with Crippen molar-refractivity contribution < 1.29 is 32.5 Å². The predicted molar refractivity (Wildman–Crippen MR) is 106 cm³/mol. The Morgan fingerprint density at radius 3 is 2.32 bits per heavy atom. The highest BCUT2D eigenvalue weighted by atomic mass is 19.4. The predicted octanol–water partition coefficient (Wildman–Crippen LogP) is 2.79. The fourth-order valence-corrected chi connectivity index (χ4v) is 4.15. The van der Waals surface area contributed by atoms with Gasteiger partial charge < -0.3 is 24.5 Å². The van der Waals surface area contributed by atoms with Gasteiger partial charge in [0.2, 0.25) is 0 Å². The Labute approximate surface area is 176 Å². The fraction of sp³-hybridized carbons (Fsp3) is 0.600. The van der Waals surface area contributed by atoms with E-state index >= 15 is 0 Å². The third-order valence-corrected chi connectivity index (χ3v) is 5.74. The molecule has 1 aromatic carbocycles. The van der Waals surface area contributed by atoms with Crippen LogP contribution in [0.2, 0.25) is 0 Å². The Kier molecular flexibility index (Phi) is 7.26. The number of fused-ring (bicyclic) bond motifs is 1. The minimum atomic E-state index is -5.08. The minimum Gasteiger partial charge on any atom is -0.497 e. The summed E-state index contributed by atoms with van der Waals surface area (Å²) in [6.07, 6.45) is -0.785. The summed E-state index contributed by atoms with van der Waals surface area (Å²) >= 11 is 0. The van der Waals surface area contributed by atoms with Crippen molar-refractivity contribution in [2.75, 3.05) is 33.4 Å². The number of likely N-dealkylation sites (tertiary alicyclic amines) is 1. The average Bonchev–Trinajstić information content (AvgIpc) is 3.09. The highest BCUT2D eigenvalue weighted by Crippen LogP contribution is 2.29. The molecule has 4 rings (SSSR count). The fourth-order valence-electron chi connectivity index (χ4n) is 4.15. The van der Waals surface area contributed by atoms with Gasteiger partial charge in [0.05, 0.1) is 18.1 Å². The van der Waals surface area contributed by atoms with E-state index in [1.807, 2.05) is 22.8 Å². The monoisotopic (exact) mass is 445 g/mol. The molecule has 0 amide bonds.